The van der Waals surface area contributed by atoms with Crippen LogP contribution in [0, 0.1) is 11.8 Å². The first kappa shape index (κ1) is 13.6. The van der Waals surface area contributed by atoms with Crippen molar-refractivity contribution in [2.24, 2.45) is 11.8 Å². The zero-order valence-corrected chi connectivity index (χ0v) is 11.6. The third kappa shape index (κ3) is 4.11. The van der Waals surface area contributed by atoms with E-state index in [1.54, 1.807) is 0 Å². The highest BCUT2D eigenvalue weighted by Gasteiger charge is 2.24. The molecule has 1 aromatic rings. The Bertz CT molecular complexity index is 336. The van der Waals surface area contributed by atoms with E-state index in [1.165, 1.54) is 25.1 Å². The predicted molar refractivity (Wildman–Crippen MR) is 75.5 cm³/mol. The second-order valence-electron chi connectivity index (χ2n) is 5.63. The summed E-state index contributed by atoms with van der Waals surface area (Å²) in [7, 11) is 0. The maximum absolute atomic E-state index is 5.74. The van der Waals surface area contributed by atoms with Gasteiger partial charge in [-0.15, -0.1) is 0 Å². The van der Waals surface area contributed by atoms with E-state index in [0.717, 1.165) is 31.6 Å². The van der Waals surface area contributed by atoms with Crippen LogP contribution in [0.5, 0.6) is 0 Å². The summed E-state index contributed by atoms with van der Waals surface area (Å²) in [5.41, 5.74) is 1.26. The van der Waals surface area contributed by atoms with E-state index >= 15 is 0 Å². The van der Waals surface area contributed by atoms with Crippen molar-refractivity contribution in [2.75, 3.05) is 26.2 Å². The number of rotatable bonds is 6. The SMILES string of the molecule is CC(C)C1CCN(CCOCc2ccccc2)C1. The van der Waals surface area contributed by atoms with E-state index < -0.39 is 0 Å². The molecule has 2 nitrogen and oxygen atoms in total. The van der Waals surface area contributed by atoms with Gasteiger partial charge in [0.15, 0.2) is 0 Å². The summed E-state index contributed by atoms with van der Waals surface area (Å²) in [6, 6.07) is 10.4. The molecule has 100 valence electrons. The molecule has 0 aliphatic carbocycles. The molecule has 0 amide bonds. The molecule has 0 saturated carbocycles. The van der Waals surface area contributed by atoms with Crippen LogP contribution in [0.3, 0.4) is 0 Å². The third-order valence-corrected chi connectivity index (χ3v) is 3.92. The van der Waals surface area contributed by atoms with Crippen molar-refractivity contribution in [1.29, 1.82) is 0 Å². The lowest BCUT2D eigenvalue weighted by molar-refractivity contribution is 0.0976. The molecule has 1 aliphatic rings. The summed E-state index contributed by atoms with van der Waals surface area (Å²) < 4.78 is 5.74. The minimum atomic E-state index is 0.738. The molecule has 0 spiro atoms. The lowest BCUT2D eigenvalue weighted by atomic mass is 9.95. The highest BCUT2D eigenvalue weighted by atomic mass is 16.5. The average molecular weight is 247 g/mol. The average Bonchev–Trinajstić information content (AvgIpc) is 2.85. The maximum atomic E-state index is 5.74. The third-order valence-electron chi connectivity index (χ3n) is 3.92. The molecule has 1 fully saturated rings. The molecular weight excluding hydrogens is 222 g/mol. The maximum Gasteiger partial charge on any atom is 0.0717 e. The predicted octanol–water partition coefficient (Wildman–Crippen LogP) is 3.18. The summed E-state index contributed by atoms with van der Waals surface area (Å²) in [5, 5.41) is 0. The molecule has 1 atom stereocenters. The van der Waals surface area contributed by atoms with Crippen molar-refractivity contribution in [1.82, 2.24) is 4.90 Å². The molecule has 18 heavy (non-hydrogen) atoms. The van der Waals surface area contributed by atoms with Gasteiger partial charge >= 0.3 is 0 Å². The van der Waals surface area contributed by atoms with Gasteiger partial charge in [0, 0.05) is 13.1 Å². The van der Waals surface area contributed by atoms with E-state index in [-0.39, 0.29) is 0 Å². The number of hydrogen-bond donors (Lipinski definition) is 0. The summed E-state index contributed by atoms with van der Waals surface area (Å²) in [6.07, 6.45) is 1.36. The van der Waals surface area contributed by atoms with Gasteiger partial charge in [0.2, 0.25) is 0 Å². The van der Waals surface area contributed by atoms with Crippen LogP contribution in [0.15, 0.2) is 30.3 Å². The quantitative estimate of drug-likeness (QED) is 0.716. The first-order valence-corrected chi connectivity index (χ1v) is 7.09. The van der Waals surface area contributed by atoms with Crippen molar-refractivity contribution >= 4 is 0 Å². The van der Waals surface area contributed by atoms with Crippen LogP contribution in [0.1, 0.15) is 25.8 Å². The molecule has 1 aliphatic heterocycles. The molecule has 1 saturated heterocycles. The Hall–Kier alpha value is -0.860. The zero-order valence-electron chi connectivity index (χ0n) is 11.6. The lowest BCUT2D eigenvalue weighted by Gasteiger charge is -2.17. The Kier molecular flexibility index (Phi) is 5.21. The lowest BCUT2D eigenvalue weighted by Crippen LogP contribution is -2.26. The van der Waals surface area contributed by atoms with Crippen LogP contribution in [-0.4, -0.2) is 31.1 Å². The number of likely N-dealkylation sites (tertiary alicyclic amines) is 1. The molecule has 2 rings (SSSR count). The second kappa shape index (κ2) is 6.91. The first-order chi connectivity index (χ1) is 8.75. The van der Waals surface area contributed by atoms with Gasteiger partial charge < -0.3 is 9.64 Å². The van der Waals surface area contributed by atoms with Gasteiger partial charge in [0.25, 0.3) is 0 Å². The Morgan fingerprint density at radius 3 is 2.72 bits per heavy atom. The van der Waals surface area contributed by atoms with Crippen molar-refractivity contribution in [3.8, 4) is 0 Å². The number of ether oxygens (including phenoxy) is 1. The Balaban J connectivity index is 1.59. The fourth-order valence-corrected chi connectivity index (χ4v) is 2.57. The summed E-state index contributed by atoms with van der Waals surface area (Å²) in [4.78, 5) is 2.54. The van der Waals surface area contributed by atoms with Gasteiger partial charge in [0.05, 0.1) is 13.2 Å². The van der Waals surface area contributed by atoms with Crippen molar-refractivity contribution in [3.63, 3.8) is 0 Å². The highest BCUT2D eigenvalue weighted by Crippen LogP contribution is 2.23. The molecule has 0 aromatic heterocycles. The van der Waals surface area contributed by atoms with Crippen LogP contribution in [0.2, 0.25) is 0 Å². The summed E-state index contributed by atoms with van der Waals surface area (Å²) in [6.45, 7) is 9.84. The van der Waals surface area contributed by atoms with Crippen LogP contribution >= 0.6 is 0 Å². The number of hydrogen-bond acceptors (Lipinski definition) is 2. The minimum Gasteiger partial charge on any atom is -0.375 e. The topological polar surface area (TPSA) is 12.5 Å². The van der Waals surface area contributed by atoms with Gasteiger partial charge in [-0.25, -0.2) is 0 Å². The second-order valence-corrected chi connectivity index (χ2v) is 5.63. The highest BCUT2D eigenvalue weighted by molar-refractivity contribution is 5.13. The van der Waals surface area contributed by atoms with Crippen molar-refractivity contribution in [2.45, 2.75) is 26.9 Å². The van der Waals surface area contributed by atoms with Crippen molar-refractivity contribution < 1.29 is 4.74 Å². The molecule has 1 aromatic carbocycles. The molecule has 2 heteroatoms. The van der Waals surface area contributed by atoms with Crippen LogP contribution in [0.25, 0.3) is 0 Å². The van der Waals surface area contributed by atoms with Crippen molar-refractivity contribution in [3.05, 3.63) is 35.9 Å². The Morgan fingerprint density at radius 2 is 2.06 bits per heavy atom. The number of benzene rings is 1. The van der Waals surface area contributed by atoms with Gasteiger partial charge in [-0.05, 0) is 30.4 Å². The molecule has 1 heterocycles. The van der Waals surface area contributed by atoms with Crippen LogP contribution in [0.4, 0.5) is 0 Å². The molecule has 0 bridgehead atoms. The number of nitrogens with zero attached hydrogens (tertiary/aromatic N) is 1. The van der Waals surface area contributed by atoms with E-state index in [9.17, 15) is 0 Å². The molecule has 0 N–H and O–H groups in total. The minimum absolute atomic E-state index is 0.738. The van der Waals surface area contributed by atoms with E-state index in [2.05, 4.69) is 43.0 Å². The normalized spacial score (nSPS) is 20.7. The largest absolute Gasteiger partial charge is 0.375 e. The van der Waals surface area contributed by atoms with Gasteiger partial charge in [0.1, 0.15) is 0 Å². The van der Waals surface area contributed by atoms with E-state index in [1.807, 2.05) is 6.07 Å². The van der Waals surface area contributed by atoms with Crippen LogP contribution < -0.4 is 0 Å². The smallest absolute Gasteiger partial charge is 0.0717 e. The first-order valence-electron chi connectivity index (χ1n) is 7.09. The Morgan fingerprint density at radius 1 is 1.28 bits per heavy atom. The molecule has 0 radical (unpaired) electrons. The monoisotopic (exact) mass is 247 g/mol. The standard InChI is InChI=1S/C16H25NO/c1-14(2)16-8-9-17(12-16)10-11-18-13-15-6-4-3-5-7-15/h3-7,14,16H,8-13H2,1-2H3. The van der Waals surface area contributed by atoms with Gasteiger partial charge in [-0.1, -0.05) is 44.2 Å². The molecular formula is C16H25NO. The molecule has 1 unspecified atom stereocenters. The van der Waals surface area contributed by atoms with Gasteiger partial charge in [-0.3, -0.25) is 0 Å². The van der Waals surface area contributed by atoms with E-state index in [4.69, 9.17) is 4.74 Å². The summed E-state index contributed by atoms with van der Waals surface area (Å²) in [5.74, 6) is 1.71. The van der Waals surface area contributed by atoms with E-state index in [0.29, 0.717) is 0 Å². The fourth-order valence-electron chi connectivity index (χ4n) is 2.57. The fraction of sp³-hybridized carbons (Fsp3) is 0.625. The van der Waals surface area contributed by atoms with Gasteiger partial charge in [-0.2, -0.15) is 0 Å². The van der Waals surface area contributed by atoms with Crippen LogP contribution in [-0.2, 0) is 11.3 Å². The summed E-state index contributed by atoms with van der Waals surface area (Å²) >= 11 is 0. The Labute approximate surface area is 111 Å². The zero-order chi connectivity index (χ0) is 12.8.